The van der Waals surface area contributed by atoms with Crippen LogP contribution < -0.4 is 10.6 Å². The topological polar surface area (TPSA) is 59.6 Å². The summed E-state index contributed by atoms with van der Waals surface area (Å²) in [6.07, 6.45) is 1.12. The maximum absolute atomic E-state index is 11.7. The van der Waals surface area contributed by atoms with Crippen LogP contribution in [0.2, 0.25) is 0 Å². The first-order valence-corrected chi connectivity index (χ1v) is 7.87. The van der Waals surface area contributed by atoms with E-state index in [0.29, 0.717) is 23.9 Å². The molecule has 0 fully saturated rings. The van der Waals surface area contributed by atoms with Gasteiger partial charge in [0.1, 0.15) is 0 Å². The van der Waals surface area contributed by atoms with Crippen LogP contribution in [0.5, 0.6) is 0 Å². The van der Waals surface area contributed by atoms with Gasteiger partial charge in [0.25, 0.3) is 0 Å². The number of hydrogen-bond acceptors (Lipinski definition) is 4. The van der Waals surface area contributed by atoms with Crippen molar-refractivity contribution < 1.29 is 14.3 Å². The highest BCUT2D eigenvalue weighted by atomic mass is 32.1. The number of ether oxygens (including phenoxy) is 2. The third kappa shape index (κ3) is 7.38. The Morgan fingerprint density at radius 1 is 1.36 bits per heavy atom. The molecule has 0 saturated carbocycles. The highest BCUT2D eigenvalue weighted by Crippen LogP contribution is 2.11. The molecule has 1 aromatic carbocycles. The number of benzene rings is 1. The summed E-state index contributed by atoms with van der Waals surface area (Å²) in [5.41, 5.74) is 1.25. The highest BCUT2D eigenvalue weighted by molar-refractivity contribution is 7.80. The minimum absolute atomic E-state index is 0.246. The number of rotatable bonds is 8. The molecule has 0 amide bonds. The number of carbonyl (C=O) groups is 1. The Labute approximate surface area is 137 Å². The van der Waals surface area contributed by atoms with Crippen molar-refractivity contribution in [1.82, 2.24) is 5.32 Å². The van der Waals surface area contributed by atoms with Crippen LogP contribution in [0.3, 0.4) is 0 Å². The van der Waals surface area contributed by atoms with Crippen LogP contribution in [0.15, 0.2) is 24.3 Å². The normalized spacial score (nSPS) is 10.4. The van der Waals surface area contributed by atoms with Gasteiger partial charge in [-0.15, -0.1) is 0 Å². The maximum Gasteiger partial charge on any atom is 0.338 e. The average molecular weight is 324 g/mol. The van der Waals surface area contributed by atoms with E-state index in [4.69, 9.17) is 21.7 Å². The van der Waals surface area contributed by atoms with E-state index in [1.807, 2.05) is 19.9 Å². The van der Waals surface area contributed by atoms with E-state index in [2.05, 4.69) is 10.6 Å². The predicted molar refractivity (Wildman–Crippen MR) is 92.3 cm³/mol. The van der Waals surface area contributed by atoms with Crippen LogP contribution in [-0.4, -0.2) is 36.9 Å². The lowest BCUT2D eigenvalue weighted by atomic mass is 10.2. The second-order valence-corrected chi connectivity index (χ2v) is 5.36. The van der Waals surface area contributed by atoms with Crippen molar-refractivity contribution in [2.75, 3.05) is 25.1 Å². The highest BCUT2D eigenvalue weighted by Gasteiger charge is 2.07. The van der Waals surface area contributed by atoms with Gasteiger partial charge in [0.05, 0.1) is 18.3 Å². The number of carbonyl (C=O) groups excluding carboxylic acids is 1. The SMILES string of the molecule is CCOC(=O)c1cccc(NC(=S)NCCCOC(C)C)c1. The summed E-state index contributed by atoms with van der Waals surface area (Å²) in [4.78, 5) is 11.7. The van der Waals surface area contributed by atoms with Crippen LogP contribution in [0.1, 0.15) is 37.6 Å². The summed E-state index contributed by atoms with van der Waals surface area (Å²) in [7, 11) is 0. The molecule has 0 radical (unpaired) electrons. The van der Waals surface area contributed by atoms with Gasteiger partial charge in [-0.05, 0) is 57.6 Å². The van der Waals surface area contributed by atoms with Gasteiger partial charge in [-0.3, -0.25) is 0 Å². The number of anilines is 1. The van der Waals surface area contributed by atoms with Crippen LogP contribution in [-0.2, 0) is 9.47 Å². The van der Waals surface area contributed by atoms with E-state index >= 15 is 0 Å². The molecule has 0 spiro atoms. The Hall–Kier alpha value is -1.66. The molecule has 0 bridgehead atoms. The minimum atomic E-state index is -0.337. The summed E-state index contributed by atoms with van der Waals surface area (Å²) in [6.45, 7) is 7.59. The molecular weight excluding hydrogens is 300 g/mol. The van der Waals surface area contributed by atoms with Crippen molar-refractivity contribution in [1.29, 1.82) is 0 Å². The van der Waals surface area contributed by atoms with Crippen molar-refractivity contribution in [2.24, 2.45) is 0 Å². The Morgan fingerprint density at radius 2 is 2.14 bits per heavy atom. The molecule has 122 valence electrons. The first kappa shape index (κ1) is 18.4. The molecule has 0 aliphatic heterocycles. The van der Waals surface area contributed by atoms with Gasteiger partial charge < -0.3 is 20.1 Å². The van der Waals surface area contributed by atoms with E-state index in [1.54, 1.807) is 25.1 Å². The molecule has 5 nitrogen and oxygen atoms in total. The molecule has 0 atom stereocenters. The first-order chi connectivity index (χ1) is 10.5. The Bertz CT molecular complexity index is 492. The monoisotopic (exact) mass is 324 g/mol. The smallest absolute Gasteiger partial charge is 0.338 e. The van der Waals surface area contributed by atoms with E-state index < -0.39 is 0 Å². The summed E-state index contributed by atoms with van der Waals surface area (Å²) in [5.74, 6) is -0.337. The molecule has 2 N–H and O–H groups in total. The second-order valence-electron chi connectivity index (χ2n) is 4.96. The first-order valence-electron chi connectivity index (χ1n) is 7.46. The van der Waals surface area contributed by atoms with Crippen molar-refractivity contribution in [3.05, 3.63) is 29.8 Å². The lowest BCUT2D eigenvalue weighted by molar-refractivity contribution is 0.0526. The van der Waals surface area contributed by atoms with Gasteiger partial charge in [0, 0.05) is 18.8 Å². The quantitative estimate of drug-likeness (QED) is 0.435. The van der Waals surface area contributed by atoms with Crippen LogP contribution >= 0.6 is 12.2 Å². The third-order valence-electron chi connectivity index (χ3n) is 2.69. The van der Waals surface area contributed by atoms with Crippen molar-refractivity contribution >= 4 is 29.0 Å². The third-order valence-corrected chi connectivity index (χ3v) is 2.94. The Balaban J connectivity index is 2.38. The van der Waals surface area contributed by atoms with Gasteiger partial charge in [0.2, 0.25) is 0 Å². The largest absolute Gasteiger partial charge is 0.462 e. The van der Waals surface area contributed by atoms with Gasteiger partial charge in [-0.25, -0.2) is 4.79 Å². The fourth-order valence-electron chi connectivity index (χ4n) is 1.71. The van der Waals surface area contributed by atoms with Crippen LogP contribution in [0.4, 0.5) is 5.69 Å². The summed E-state index contributed by atoms with van der Waals surface area (Å²) >= 11 is 5.22. The molecule has 0 aliphatic carbocycles. The fourth-order valence-corrected chi connectivity index (χ4v) is 1.93. The second kappa shape index (κ2) is 10.1. The van der Waals surface area contributed by atoms with Gasteiger partial charge in [0.15, 0.2) is 5.11 Å². The average Bonchev–Trinajstić information content (AvgIpc) is 2.47. The van der Waals surface area contributed by atoms with E-state index in [0.717, 1.165) is 18.7 Å². The lowest BCUT2D eigenvalue weighted by Gasteiger charge is -2.12. The zero-order valence-electron chi connectivity index (χ0n) is 13.3. The van der Waals surface area contributed by atoms with E-state index in [-0.39, 0.29) is 12.1 Å². The van der Waals surface area contributed by atoms with Crippen molar-refractivity contribution in [2.45, 2.75) is 33.3 Å². The minimum Gasteiger partial charge on any atom is -0.462 e. The van der Waals surface area contributed by atoms with E-state index in [9.17, 15) is 4.79 Å². The fraction of sp³-hybridized carbons (Fsp3) is 0.500. The number of esters is 1. The molecule has 0 aromatic heterocycles. The number of nitrogens with one attached hydrogen (secondary N) is 2. The molecule has 0 heterocycles. The van der Waals surface area contributed by atoms with Crippen molar-refractivity contribution in [3.8, 4) is 0 Å². The molecule has 1 rings (SSSR count). The van der Waals surface area contributed by atoms with Gasteiger partial charge in [-0.2, -0.15) is 0 Å². The molecule has 22 heavy (non-hydrogen) atoms. The molecule has 0 unspecified atom stereocenters. The van der Waals surface area contributed by atoms with Gasteiger partial charge in [-0.1, -0.05) is 6.07 Å². The Kier molecular flexibility index (Phi) is 8.47. The van der Waals surface area contributed by atoms with Gasteiger partial charge >= 0.3 is 5.97 Å². The van der Waals surface area contributed by atoms with Crippen LogP contribution in [0, 0.1) is 0 Å². The molecule has 0 saturated heterocycles. The molecule has 1 aromatic rings. The predicted octanol–water partition coefficient (Wildman–Crippen LogP) is 2.96. The number of hydrogen-bond donors (Lipinski definition) is 2. The summed E-state index contributed by atoms with van der Waals surface area (Å²) in [5, 5.41) is 6.67. The maximum atomic E-state index is 11.7. The Morgan fingerprint density at radius 3 is 2.82 bits per heavy atom. The summed E-state index contributed by atoms with van der Waals surface area (Å²) in [6, 6.07) is 7.06. The zero-order valence-corrected chi connectivity index (χ0v) is 14.2. The van der Waals surface area contributed by atoms with E-state index in [1.165, 1.54) is 0 Å². The summed E-state index contributed by atoms with van der Waals surface area (Å²) < 4.78 is 10.4. The zero-order chi connectivity index (χ0) is 16.4. The van der Waals surface area contributed by atoms with Crippen LogP contribution in [0.25, 0.3) is 0 Å². The molecule has 0 aliphatic rings. The number of thiocarbonyl (C=S) groups is 1. The molecular formula is C16H24N2O3S. The molecule has 6 heteroatoms. The van der Waals surface area contributed by atoms with Crippen molar-refractivity contribution in [3.63, 3.8) is 0 Å². The standard InChI is InChI=1S/C16H24N2O3S/c1-4-20-15(19)13-7-5-8-14(11-13)18-16(22)17-9-6-10-21-12(2)3/h5,7-8,11-12H,4,6,9-10H2,1-3H3,(H2,17,18,22). The lowest BCUT2D eigenvalue weighted by Crippen LogP contribution is -2.30.